The van der Waals surface area contributed by atoms with E-state index in [1.54, 1.807) is 0 Å². The van der Waals surface area contributed by atoms with Gasteiger partial charge in [-0.1, -0.05) is 11.6 Å². The van der Waals surface area contributed by atoms with Gasteiger partial charge in [-0.3, -0.25) is 4.79 Å². The van der Waals surface area contributed by atoms with Gasteiger partial charge in [0.1, 0.15) is 11.9 Å². The second-order valence-electron chi connectivity index (χ2n) is 3.05. The Morgan fingerprint density at radius 3 is 2.86 bits per heavy atom. The Hall–Kier alpha value is -0.930. The number of hydrogen-bond acceptors (Lipinski definition) is 2. The number of Topliss-reactive ketones (excluding diaryl/α,β-unsaturated/α-hetero) is 1. The van der Waals surface area contributed by atoms with Crippen LogP contribution >= 0.6 is 11.6 Å². The zero-order valence-electron chi connectivity index (χ0n) is 7.63. The molecule has 1 unspecified atom stereocenters. The van der Waals surface area contributed by atoms with Crippen molar-refractivity contribution in [2.75, 3.05) is 0 Å². The normalized spacial score (nSPS) is 12.6. The third kappa shape index (κ3) is 2.79. The molecular formula is C10H10ClFO2. The lowest BCUT2D eigenvalue weighted by Crippen LogP contribution is -2.18. The number of carbonyl (C=O) groups is 1. The highest BCUT2D eigenvalue weighted by Gasteiger charge is 2.12. The topological polar surface area (TPSA) is 37.3 Å². The van der Waals surface area contributed by atoms with Crippen molar-refractivity contribution in [3.05, 3.63) is 34.6 Å². The molecule has 0 aliphatic heterocycles. The van der Waals surface area contributed by atoms with Gasteiger partial charge in [-0.15, -0.1) is 0 Å². The predicted octanol–water partition coefficient (Wildman–Crippen LogP) is 1.97. The van der Waals surface area contributed by atoms with Crippen LogP contribution < -0.4 is 0 Å². The fourth-order valence-electron chi connectivity index (χ4n) is 1.01. The first-order valence-electron chi connectivity index (χ1n) is 4.15. The quantitative estimate of drug-likeness (QED) is 0.839. The first-order chi connectivity index (χ1) is 6.50. The van der Waals surface area contributed by atoms with Crippen molar-refractivity contribution in [1.82, 2.24) is 0 Å². The van der Waals surface area contributed by atoms with Crippen molar-refractivity contribution in [2.45, 2.75) is 19.4 Å². The molecule has 0 saturated carbocycles. The lowest BCUT2D eigenvalue weighted by Gasteiger charge is -2.05. The highest BCUT2D eigenvalue weighted by atomic mass is 35.5. The Balaban J connectivity index is 2.86. The van der Waals surface area contributed by atoms with Gasteiger partial charge in [-0.05, 0) is 30.7 Å². The summed E-state index contributed by atoms with van der Waals surface area (Å²) in [6, 6.07) is 4.00. The van der Waals surface area contributed by atoms with Crippen LogP contribution in [0.4, 0.5) is 4.39 Å². The van der Waals surface area contributed by atoms with Crippen LogP contribution in [0.5, 0.6) is 0 Å². The molecule has 0 radical (unpaired) electrons. The summed E-state index contributed by atoms with van der Waals surface area (Å²) in [6.45, 7) is 1.35. The summed E-state index contributed by atoms with van der Waals surface area (Å²) in [6.07, 6.45) is -1.21. The van der Waals surface area contributed by atoms with E-state index in [1.165, 1.54) is 25.1 Å². The van der Waals surface area contributed by atoms with E-state index in [0.29, 0.717) is 5.02 Å². The molecule has 0 amide bonds. The van der Waals surface area contributed by atoms with E-state index in [4.69, 9.17) is 16.7 Å². The zero-order valence-corrected chi connectivity index (χ0v) is 8.38. The summed E-state index contributed by atoms with van der Waals surface area (Å²) in [4.78, 5) is 11.1. The Morgan fingerprint density at radius 2 is 2.29 bits per heavy atom. The van der Waals surface area contributed by atoms with Crippen LogP contribution in [-0.2, 0) is 11.2 Å². The van der Waals surface area contributed by atoms with E-state index >= 15 is 0 Å². The molecule has 1 aromatic rings. The second kappa shape index (κ2) is 4.53. The Kier molecular flexibility index (Phi) is 3.61. The van der Waals surface area contributed by atoms with Crippen molar-refractivity contribution in [3.8, 4) is 0 Å². The summed E-state index contributed by atoms with van der Waals surface area (Å²) in [7, 11) is 0. The third-order valence-electron chi connectivity index (χ3n) is 1.84. The number of halogens is 2. The van der Waals surface area contributed by atoms with Crippen molar-refractivity contribution in [2.24, 2.45) is 0 Å². The molecule has 0 heterocycles. The van der Waals surface area contributed by atoms with E-state index in [0.717, 1.165) is 0 Å². The molecule has 0 aliphatic rings. The summed E-state index contributed by atoms with van der Waals surface area (Å²) in [5.74, 6) is -0.908. The summed E-state index contributed by atoms with van der Waals surface area (Å²) in [5.41, 5.74) is 0.211. The maximum Gasteiger partial charge on any atom is 0.165 e. The fraction of sp³-hybridized carbons (Fsp3) is 0.300. The largest absolute Gasteiger partial charge is 0.386 e. The van der Waals surface area contributed by atoms with Crippen molar-refractivity contribution in [3.63, 3.8) is 0 Å². The summed E-state index contributed by atoms with van der Waals surface area (Å²) >= 11 is 5.64. The van der Waals surface area contributed by atoms with E-state index in [9.17, 15) is 9.18 Å². The maximum absolute atomic E-state index is 13.1. The smallest absolute Gasteiger partial charge is 0.165 e. The number of rotatable bonds is 3. The first kappa shape index (κ1) is 11.1. The number of hydrogen-bond donors (Lipinski definition) is 1. The summed E-state index contributed by atoms with van der Waals surface area (Å²) in [5, 5.41) is 9.31. The highest BCUT2D eigenvalue weighted by molar-refractivity contribution is 6.30. The van der Waals surface area contributed by atoms with E-state index in [2.05, 4.69) is 0 Å². The minimum Gasteiger partial charge on any atom is -0.386 e. The highest BCUT2D eigenvalue weighted by Crippen LogP contribution is 2.15. The number of aliphatic hydroxyl groups is 1. The lowest BCUT2D eigenvalue weighted by molar-refractivity contribution is -0.125. The maximum atomic E-state index is 13.1. The molecule has 0 aromatic heterocycles. The first-order valence-corrected chi connectivity index (χ1v) is 4.53. The molecule has 76 valence electrons. The Morgan fingerprint density at radius 1 is 1.64 bits per heavy atom. The number of ketones is 1. The minimum atomic E-state index is -1.08. The van der Waals surface area contributed by atoms with Crippen molar-refractivity contribution in [1.29, 1.82) is 0 Å². The molecular weight excluding hydrogens is 207 g/mol. The van der Waals surface area contributed by atoms with Crippen molar-refractivity contribution >= 4 is 17.4 Å². The third-order valence-corrected chi connectivity index (χ3v) is 2.07. The standard InChI is InChI=1S/C10H10ClFO2/c1-6(13)10(14)5-7-4-8(11)2-3-9(7)12/h2-4,6,13H,5H2,1H3. The Bertz CT molecular complexity index is 350. The zero-order chi connectivity index (χ0) is 10.7. The van der Waals surface area contributed by atoms with Gasteiger partial charge in [0.2, 0.25) is 0 Å². The molecule has 0 saturated heterocycles. The average molecular weight is 217 g/mol. The van der Waals surface area contributed by atoms with Gasteiger partial charge in [0.15, 0.2) is 5.78 Å². The van der Waals surface area contributed by atoms with Crippen LogP contribution in [0.15, 0.2) is 18.2 Å². The molecule has 0 bridgehead atoms. The molecule has 4 heteroatoms. The van der Waals surface area contributed by atoms with E-state index in [1.807, 2.05) is 0 Å². The van der Waals surface area contributed by atoms with Gasteiger partial charge < -0.3 is 5.11 Å². The molecule has 1 N–H and O–H groups in total. The van der Waals surface area contributed by atoms with E-state index in [-0.39, 0.29) is 12.0 Å². The van der Waals surface area contributed by atoms with Crippen LogP contribution in [0, 0.1) is 5.82 Å². The number of carbonyl (C=O) groups excluding carboxylic acids is 1. The summed E-state index contributed by atoms with van der Waals surface area (Å²) < 4.78 is 13.1. The predicted molar refractivity (Wildman–Crippen MR) is 51.8 cm³/mol. The van der Waals surface area contributed by atoms with Crippen LogP contribution in [0.1, 0.15) is 12.5 Å². The van der Waals surface area contributed by atoms with Gasteiger partial charge in [0.25, 0.3) is 0 Å². The number of benzene rings is 1. The minimum absolute atomic E-state index is 0.135. The average Bonchev–Trinajstić information content (AvgIpc) is 2.11. The van der Waals surface area contributed by atoms with Crippen molar-refractivity contribution < 1.29 is 14.3 Å². The molecule has 1 atom stereocenters. The molecule has 2 nitrogen and oxygen atoms in total. The second-order valence-corrected chi connectivity index (χ2v) is 3.49. The lowest BCUT2D eigenvalue weighted by atomic mass is 10.1. The molecule has 0 fully saturated rings. The molecule has 14 heavy (non-hydrogen) atoms. The fourth-order valence-corrected chi connectivity index (χ4v) is 1.21. The van der Waals surface area contributed by atoms with Gasteiger partial charge >= 0.3 is 0 Å². The van der Waals surface area contributed by atoms with Crippen LogP contribution in [0.2, 0.25) is 5.02 Å². The van der Waals surface area contributed by atoms with Gasteiger partial charge in [-0.25, -0.2) is 4.39 Å². The SMILES string of the molecule is CC(O)C(=O)Cc1cc(Cl)ccc1F. The molecule has 0 aliphatic carbocycles. The van der Waals surface area contributed by atoms with Gasteiger partial charge in [-0.2, -0.15) is 0 Å². The van der Waals surface area contributed by atoms with Gasteiger partial charge in [0.05, 0.1) is 0 Å². The monoisotopic (exact) mass is 216 g/mol. The van der Waals surface area contributed by atoms with E-state index < -0.39 is 17.7 Å². The Labute approximate surface area is 86.3 Å². The van der Waals surface area contributed by atoms with Crippen LogP contribution in [-0.4, -0.2) is 17.0 Å². The van der Waals surface area contributed by atoms with Crippen LogP contribution in [0.3, 0.4) is 0 Å². The molecule has 1 rings (SSSR count). The molecule has 0 spiro atoms. The van der Waals surface area contributed by atoms with Crippen LogP contribution in [0.25, 0.3) is 0 Å². The number of aliphatic hydroxyl groups excluding tert-OH is 1. The van der Waals surface area contributed by atoms with Gasteiger partial charge in [0, 0.05) is 11.4 Å². The molecule has 1 aromatic carbocycles.